The van der Waals surface area contributed by atoms with Crippen molar-refractivity contribution in [3.63, 3.8) is 0 Å². The fourth-order valence-electron chi connectivity index (χ4n) is 1.06. The Morgan fingerprint density at radius 3 is 2.38 bits per heavy atom. The Labute approximate surface area is 101 Å². The molecule has 1 aromatic heterocycles. The number of ether oxygens (including phenoxy) is 1. The van der Waals surface area contributed by atoms with Gasteiger partial charge in [-0.15, -0.1) is 13.2 Å². The molecule has 16 heavy (non-hydrogen) atoms. The molecule has 0 unspecified atom stereocenters. The minimum atomic E-state index is -4.94. The second-order valence-corrected chi connectivity index (χ2v) is 3.96. The monoisotopic (exact) mass is 353 g/mol. The fraction of sp³-hybridized carbons (Fsp3) is 0.375. The third-order valence-corrected chi connectivity index (χ3v) is 2.57. The fourth-order valence-corrected chi connectivity index (χ4v) is 1.84. The molecule has 0 bridgehead atoms. The predicted octanol–water partition coefficient (Wildman–Crippen LogP) is 3.83. The quantitative estimate of drug-likeness (QED) is 0.596. The maximum Gasteiger partial charge on any atom is 0.574 e. The van der Waals surface area contributed by atoms with Crippen LogP contribution in [0.5, 0.6) is 5.88 Å². The molecule has 0 aromatic carbocycles. The Bertz CT molecular complexity index is 393. The molecule has 0 N–H and O–H groups in total. The van der Waals surface area contributed by atoms with E-state index in [1.165, 1.54) is 0 Å². The van der Waals surface area contributed by atoms with Crippen molar-refractivity contribution in [1.82, 2.24) is 4.98 Å². The molecule has 0 saturated carbocycles. The van der Waals surface area contributed by atoms with Gasteiger partial charge < -0.3 is 4.74 Å². The Balaban J connectivity index is 3.19. The van der Waals surface area contributed by atoms with E-state index < -0.39 is 24.2 Å². The summed E-state index contributed by atoms with van der Waals surface area (Å²) in [6, 6.07) is 0. The lowest BCUT2D eigenvalue weighted by atomic mass is 10.1. The van der Waals surface area contributed by atoms with E-state index in [2.05, 4.69) is 9.72 Å². The van der Waals surface area contributed by atoms with Gasteiger partial charge in [0.25, 0.3) is 6.43 Å². The molecule has 0 aliphatic heterocycles. The SMILES string of the molecule is Cc1c(OC(F)(F)F)ncc(I)c1C(F)F. The van der Waals surface area contributed by atoms with Crippen molar-refractivity contribution in [2.45, 2.75) is 19.7 Å². The van der Waals surface area contributed by atoms with Crippen LogP contribution in [0.1, 0.15) is 17.6 Å². The van der Waals surface area contributed by atoms with Crippen LogP contribution < -0.4 is 4.74 Å². The van der Waals surface area contributed by atoms with Crippen LogP contribution in [-0.4, -0.2) is 11.3 Å². The molecule has 0 radical (unpaired) electrons. The summed E-state index contributed by atoms with van der Waals surface area (Å²) in [6.45, 7) is 1.11. The summed E-state index contributed by atoms with van der Waals surface area (Å²) < 4.78 is 64.4. The van der Waals surface area contributed by atoms with Gasteiger partial charge in [0.15, 0.2) is 0 Å². The van der Waals surface area contributed by atoms with E-state index in [0.717, 1.165) is 13.1 Å². The number of pyridine rings is 1. The van der Waals surface area contributed by atoms with Gasteiger partial charge in [0.05, 0.1) is 0 Å². The van der Waals surface area contributed by atoms with Gasteiger partial charge in [0.2, 0.25) is 5.88 Å². The largest absolute Gasteiger partial charge is 0.574 e. The van der Waals surface area contributed by atoms with Gasteiger partial charge in [0.1, 0.15) is 0 Å². The molecular weight excluding hydrogens is 348 g/mol. The molecule has 0 fully saturated rings. The van der Waals surface area contributed by atoms with Crippen LogP contribution in [0.25, 0.3) is 0 Å². The highest BCUT2D eigenvalue weighted by atomic mass is 127. The Hall–Kier alpha value is -0.670. The van der Waals surface area contributed by atoms with Gasteiger partial charge >= 0.3 is 6.36 Å². The summed E-state index contributed by atoms with van der Waals surface area (Å²) in [7, 11) is 0. The minimum Gasteiger partial charge on any atom is -0.388 e. The summed E-state index contributed by atoms with van der Waals surface area (Å²) in [4.78, 5) is 3.32. The van der Waals surface area contributed by atoms with Crippen molar-refractivity contribution in [1.29, 1.82) is 0 Å². The van der Waals surface area contributed by atoms with Crippen molar-refractivity contribution in [2.75, 3.05) is 0 Å². The van der Waals surface area contributed by atoms with Crippen molar-refractivity contribution < 1.29 is 26.7 Å². The topological polar surface area (TPSA) is 22.1 Å². The van der Waals surface area contributed by atoms with E-state index in [1.54, 1.807) is 22.6 Å². The van der Waals surface area contributed by atoms with E-state index in [0.29, 0.717) is 0 Å². The van der Waals surface area contributed by atoms with Crippen molar-refractivity contribution >= 4 is 22.6 Å². The van der Waals surface area contributed by atoms with Crippen molar-refractivity contribution in [3.8, 4) is 5.88 Å². The number of alkyl halides is 5. The molecule has 90 valence electrons. The number of aromatic nitrogens is 1. The molecule has 1 heterocycles. The van der Waals surface area contributed by atoms with Gasteiger partial charge in [-0.3, -0.25) is 0 Å². The highest BCUT2D eigenvalue weighted by Crippen LogP contribution is 2.33. The second kappa shape index (κ2) is 4.68. The third kappa shape index (κ3) is 3.16. The summed E-state index contributed by atoms with van der Waals surface area (Å²) in [5, 5.41) is 0. The first kappa shape index (κ1) is 13.4. The first-order chi connectivity index (χ1) is 7.22. The average molecular weight is 353 g/mol. The number of halogens is 6. The van der Waals surface area contributed by atoms with E-state index in [1.807, 2.05) is 0 Å². The van der Waals surface area contributed by atoms with Crippen molar-refractivity contribution in [2.24, 2.45) is 0 Å². The molecule has 0 spiro atoms. The third-order valence-electron chi connectivity index (χ3n) is 1.71. The maximum atomic E-state index is 12.5. The molecule has 2 nitrogen and oxygen atoms in total. The van der Waals surface area contributed by atoms with E-state index in [-0.39, 0.29) is 9.13 Å². The first-order valence-corrected chi connectivity index (χ1v) is 4.99. The molecule has 0 atom stereocenters. The van der Waals surface area contributed by atoms with Gasteiger partial charge in [-0.05, 0) is 29.5 Å². The summed E-state index contributed by atoms with van der Waals surface area (Å²) in [6.07, 6.45) is -6.90. The van der Waals surface area contributed by atoms with Gasteiger partial charge in [-0.1, -0.05) is 0 Å². The average Bonchev–Trinajstić information content (AvgIpc) is 2.07. The highest BCUT2D eigenvalue weighted by Gasteiger charge is 2.33. The van der Waals surface area contributed by atoms with Crippen LogP contribution in [0.2, 0.25) is 0 Å². The van der Waals surface area contributed by atoms with Crippen LogP contribution in [0.15, 0.2) is 6.20 Å². The Morgan fingerprint density at radius 2 is 1.94 bits per heavy atom. The van der Waals surface area contributed by atoms with Crippen LogP contribution >= 0.6 is 22.6 Å². The molecule has 8 heteroatoms. The van der Waals surface area contributed by atoms with E-state index in [9.17, 15) is 22.0 Å². The lowest BCUT2D eigenvalue weighted by molar-refractivity contribution is -0.276. The van der Waals surface area contributed by atoms with Crippen LogP contribution in [0.4, 0.5) is 22.0 Å². The first-order valence-electron chi connectivity index (χ1n) is 3.91. The van der Waals surface area contributed by atoms with Gasteiger partial charge in [-0.25, -0.2) is 13.8 Å². The van der Waals surface area contributed by atoms with E-state index >= 15 is 0 Å². The summed E-state index contributed by atoms with van der Waals surface area (Å²) >= 11 is 1.58. The molecule has 1 aromatic rings. The Morgan fingerprint density at radius 1 is 1.38 bits per heavy atom. The molecular formula is C8H5F5INO. The smallest absolute Gasteiger partial charge is 0.388 e. The Kier molecular flexibility index (Phi) is 3.92. The zero-order valence-electron chi connectivity index (χ0n) is 7.78. The molecule has 0 aliphatic rings. The van der Waals surface area contributed by atoms with Crippen LogP contribution in [-0.2, 0) is 0 Å². The van der Waals surface area contributed by atoms with Crippen molar-refractivity contribution in [3.05, 3.63) is 20.9 Å². The molecule has 1 rings (SSSR count). The number of rotatable bonds is 2. The number of hydrogen-bond acceptors (Lipinski definition) is 2. The summed E-state index contributed by atoms with van der Waals surface area (Å²) in [5.41, 5.74) is -0.797. The zero-order valence-corrected chi connectivity index (χ0v) is 9.94. The number of nitrogens with zero attached hydrogens (tertiary/aromatic N) is 1. The highest BCUT2D eigenvalue weighted by molar-refractivity contribution is 14.1. The normalized spacial score (nSPS) is 12.0. The van der Waals surface area contributed by atoms with Crippen LogP contribution in [0, 0.1) is 10.5 Å². The van der Waals surface area contributed by atoms with Gasteiger partial charge in [-0.2, -0.15) is 0 Å². The molecule has 0 aliphatic carbocycles. The number of hydrogen-bond donors (Lipinski definition) is 0. The summed E-state index contributed by atoms with van der Waals surface area (Å²) in [5.74, 6) is -0.844. The minimum absolute atomic E-state index is 0.0969. The maximum absolute atomic E-state index is 12.5. The molecule has 0 saturated heterocycles. The standard InChI is InChI=1S/C8H5F5INO/c1-3-5(6(9)10)4(14)2-15-7(3)16-8(11,12)13/h2,6H,1H3. The lowest BCUT2D eigenvalue weighted by Gasteiger charge is -2.13. The lowest BCUT2D eigenvalue weighted by Crippen LogP contribution is -2.19. The second-order valence-electron chi connectivity index (χ2n) is 2.80. The van der Waals surface area contributed by atoms with Crippen LogP contribution in [0.3, 0.4) is 0 Å². The molecule has 0 amide bonds. The van der Waals surface area contributed by atoms with Gasteiger partial charge in [0, 0.05) is 20.9 Å². The van der Waals surface area contributed by atoms with E-state index in [4.69, 9.17) is 0 Å². The zero-order chi connectivity index (χ0) is 12.5. The predicted molar refractivity (Wildman–Crippen MR) is 53.3 cm³/mol.